The second-order valence-corrected chi connectivity index (χ2v) is 6.44. The Balaban J connectivity index is 2.71. The van der Waals surface area contributed by atoms with Crippen LogP contribution in [0, 0.1) is 6.92 Å². The van der Waals surface area contributed by atoms with Crippen LogP contribution in [0.25, 0.3) is 0 Å². The first-order valence-corrected chi connectivity index (χ1v) is 6.79. The second kappa shape index (κ2) is 4.37. The van der Waals surface area contributed by atoms with E-state index in [1.807, 2.05) is 12.3 Å². The van der Waals surface area contributed by atoms with Crippen molar-refractivity contribution in [3.8, 4) is 0 Å². The summed E-state index contributed by atoms with van der Waals surface area (Å²) in [5.41, 5.74) is 0.812. The van der Waals surface area contributed by atoms with Crippen LogP contribution in [0.3, 0.4) is 0 Å². The Kier molecular flexibility index (Phi) is 3.63. The molecule has 1 heterocycles. The molecular weight excluding hydrogens is 220 g/mol. The maximum atomic E-state index is 11.4. The molecule has 0 aliphatic rings. The Bertz CT molecular complexity index is 397. The smallest absolute Gasteiger partial charge is 0.213 e. The Labute approximate surface area is 88.6 Å². The van der Waals surface area contributed by atoms with E-state index in [0.717, 1.165) is 10.7 Å². The van der Waals surface area contributed by atoms with Crippen LogP contribution in [-0.2, 0) is 16.6 Å². The first-order valence-electron chi connectivity index (χ1n) is 4.30. The average Bonchev–Trinajstić information content (AvgIpc) is 2.51. The molecule has 1 aromatic heterocycles. The van der Waals surface area contributed by atoms with Gasteiger partial charge in [0.15, 0.2) is 0 Å². The lowest BCUT2D eigenvalue weighted by atomic mass is 10.5. The van der Waals surface area contributed by atoms with Gasteiger partial charge in [-0.2, -0.15) is 4.31 Å². The predicted octanol–water partition coefficient (Wildman–Crippen LogP) is 1.23. The zero-order valence-corrected chi connectivity index (χ0v) is 10.2. The zero-order valence-electron chi connectivity index (χ0n) is 8.52. The van der Waals surface area contributed by atoms with E-state index in [1.165, 1.54) is 15.6 Å². The van der Waals surface area contributed by atoms with Gasteiger partial charge < -0.3 is 0 Å². The summed E-state index contributed by atoms with van der Waals surface area (Å²) in [6.07, 6.45) is 0. The van der Waals surface area contributed by atoms with E-state index >= 15 is 0 Å². The highest BCUT2D eigenvalue weighted by molar-refractivity contribution is 7.89. The summed E-state index contributed by atoms with van der Waals surface area (Å²) in [7, 11) is -1.51. The normalized spacial score (nSPS) is 12.3. The summed E-state index contributed by atoms with van der Waals surface area (Å²) in [6.45, 7) is 3.90. The minimum absolute atomic E-state index is 0.132. The highest BCUT2D eigenvalue weighted by Crippen LogP contribution is 2.11. The van der Waals surface area contributed by atoms with Crippen molar-refractivity contribution < 1.29 is 8.42 Å². The van der Waals surface area contributed by atoms with Crippen molar-refractivity contribution in [3.05, 3.63) is 16.1 Å². The van der Waals surface area contributed by atoms with E-state index in [4.69, 9.17) is 0 Å². The third kappa shape index (κ3) is 2.76. The van der Waals surface area contributed by atoms with Crippen LogP contribution in [0.15, 0.2) is 5.38 Å². The lowest BCUT2D eigenvalue weighted by Gasteiger charge is -2.13. The standard InChI is InChI=1S/C8H14N2O2S2/c1-4-14(11,12)10(3)5-8-6-13-7(2)9-8/h6H,4-5H2,1-3H3. The van der Waals surface area contributed by atoms with Crippen LogP contribution < -0.4 is 0 Å². The van der Waals surface area contributed by atoms with Gasteiger partial charge in [-0.15, -0.1) is 11.3 Å². The van der Waals surface area contributed by atoms with Crippen LogP contribution in [0.4, 0.5) is 0 Å². The third-order valence-corrected chi connectivity index (χ3v) is 4.52. The van der Waals surface area contributed by atoms with Gasteiger partial charge in [0.2, 0.25) is 10.0 Å². The maximum absolute atomic E-state index is 11.4. The molecule has 0 bridgehead atoms. The fourth-order valence-electron chi connectivity index (χ4n) is 1.03. The number of hydrogen-bond acceptors (Lipinski definition) is 4. The third-order valence-electron chi connectivity index (χ3n) is 1.89. The van der Waals surface area contributed by atoms with Crippen molar-refractivity contribution in [2.75, 3.05) is 12.8 Å². The largest absolute Gasteiger partial charge is 0.245 e. The van der Waals surface area contributed by atoms with Crippen LogP contribution in [0.5, 0.6) is 0 Å². The minimum Gasteiger partial charge on any atom is -0.245 e. The van der Waals surface area contributed by atoms with Crippen LogP contribution in [0.1, 0.15) is 17.6 Å². The Morgan fingerprint density at radius 1 is 1.57 bits per heavy atom. The molecule has 0 aliphatic heterocycles. The van der Waals surface area contributed by atoms with Crippen molar-refractivity contribution in [1.82, 2.24) is 9.29 Å². The van der Waals surface area contributed by atoms with E-state index in [0.29, 0.717) is 6.54 Å². The van der Waals surface area contributed by atoms with Crippen molar-refractivity contribution in [2.24, 2.45) is 0 Å². The molecule has 0 spiro atoms. The van der Waals surface area contributed by atoms with Crippen LogP contribution >= 0.6 is 11.3 Å². The van der Waals surface area contributed by atoms with E-state index in [1.54, 1.807) is 14.0 Å². The SMILES string of the molecule is CCS(=O)(=O)N(C)Cc1csc(C)n1. The summed E-state index contributed by atoms with van der Waals surface area (Å²) in [5, 5.41) is 2.85. The number of nitrogens with zero attached hydrogens (tertiary/aromatic N) is 2. The molecule has 0 radical (unpaired) electrons. The van der Waals surface area contributed by atoms with Gasteiger partial charge in [0.05, 0.1) is 23.0 Å². The van der Waals surface area contributed by atoms with Crippen LogP contribution in [-0.4, -0.2) is 30.5 Å². The number of aromatic nitrogens is 1. The minimum atomic E-state index is -3.09. The van der Waals surface area contributed by atoms with E-state index in [-0.39, 0.29) is 5.75 Å². The topological polar surface area (TPSA) is 50.3 Å². The number of aryl methyl sites for hydroxylation is 1. The molecule has 0 aliphatic carbocycles. The quantitative estimate of drug-likeness (QED) is 0.787. The Hall–Kier alpha value is -0.460. The summed E-state index contributed by atoms with van der Waals surface area (Å²) >= 11 is 1.53. The van der Waals surface area contributed by atoms with Crippen molar-refractivity contribution in [1.29, 1.82) is 0 Å². The fraction of sp³-hybridized carbons (Fsp3) is 0.625. The second-order valence-electron chi connectivity index (χ2n) is 3.01. The molecule has 0 atom stereocenters. The van der Waals surface area contributed by atoms with Crippen molar-refractivity contribution in [3.63, 3.8) is 0 Å². The molecule has 80 valence electrons. The van der Waals surface area contributed by atoms with Crippen molar-refractivity contribution >= 4 is 21.4 Å². The molecule has 14 heavy (non-hydrogen) atoms. The van der Waals surface area contributed by atoms with E-state index < -0.39 is 10.0 Å². The molecule has 0 saturated carbocycles. The molecule has 1 rings (SSSR count). The molecular formula is C8H14N2O2S2. The van der Waals surface area contributed by atoms with Gasteiger partial charge in [0.25, 0.3) is 0 Å². The molecule has 0 aromatic carbocycles. The van der Waals surface area contributed by atoms with Gasteiger partial charge >= 0.3 is 0 Å². The zero-order chi connectivity index (χ0) is 10.8. The monoisotopic (exact) mass is 234 g/mol. The summed E-state index contributed by atoms with van der Waals surface area (Å²) < 4.78 is 24.2. The summed E-state index contributed by atoms with van der Waals surface area (Å²) in [6, 6.07) is 0. The highest BCUT2D eigenvalue weighted by Gasteiger charge is 2.15. The molecule has 0 N–H and O–H groups in total. The Morgan fingerprint density at radius 3 is 2.64 bits per heavy atom. The highest BCUT2D eigenvalue weighted by atomic mass is 32.2. The average molecular weight is 234 g/mol. The number of sulfonamides is 1. The van der Waals surface area contributed by atoms with Crippen LogP contribution in [0.2, 0.25) is 0 Å². The molecule has 6 heteroatoms. The maximum Gasteiger partial charge on any atom is 0.213 e. The molecule has 0 amide bonds. The lowest BCUT2D eigenvalue weighted by Crippen LogP contribution is -2.27. The fourth-order valence-corrected chi connectivity index (χ4v) is 2.40. The predicted molar refractivity (Wildman–Crippen MR) is 57.8 cm³/mol. The van der Waals surface area contributed by atoms with Gasteiger partial charge in [-0.3, -0.25) is 0 Å². The van der Waals surface area contributed by atoms with Gasteiger partial charge in [0, 0.05) is 12.4 Å². The van der Waals surface area contributed by atoms with E-state index in [9.17, 15) is 8.42 Å². The summed E-state index contributed by atoms with van der Waals surface area (Å²) in [5.74, 6) is 0.132. The number of thiazole rings is 1. The molecule has 0 fully saturated rings. The summed E-state index contributed by atoms with van der Waals surface area (Å²) in [4.78, 5) is 4.21. The number of hydrogen-bond donors (Lipinski definition) is 0. The van der Waals surface area contributed by atoms with Gasteiger partial charge in [-0.25, -0.2) is 13.4 Å². The molecule has 0 unspecified atom stereocenters. The first-order chi connectivity index (χ1) is 6.45. The lowest BCUT2D eigenvalue weighted by molar-refractivity contribution is 0.464. The first kappa shape index (κ1) is 11.6. The van der Waals surface area contributed by atoms with Gasteiger partial charge in [0.1, 0.15) is 0 Å². The Morgan fingerprint density at radius 2 is 2.21 bits per heavy atom. The van der Waals surface area contributed by atoms with Gasteiger partial charge in [-0.1, -0.05) is 0 Å². The number of rotatable bonds is 4. The molecule has 1 aromatic rings. The van der Waals surface area contributed by atoms with Gasteiger partial charge in [-0.05, 0) is 13.8 Å². The van der Waals surface area contributed by atoms with Crippen molar-refractivity contribution in [2.45, 2.75) is 20.4 Å². The molecule has 0 saturated heterocycles. The molecule has 4 nitrogen and oxygen atoms in total. The van der Waals surface area contributed by atoms with E-state index in [2.05, 4.69) is 4.98 Å².